The van der Waals surface area contributed by atoms with E-state index in [9.17, 15) is 13.2 Å². The highest BCUT2D eigenvalue weighted by Crippen LogP contribution is 2.29. The Morgan fingerprint density at radius 1 is 1.32 bits per heavy atom. The van der Waals surface area contributed by atoms with E-state index in [1.54, 1.807) is 16.7 Å². The van der Waals surface area contributed by atoms with Crippen molar-refractivity contribution in [2.24, 2.45) is 4.99 Å². The first-order chi connectivity index (χ1) is 16.2. The highest BCUT2D eigenvalue weighted by molar-refractivity contribution is 7.89. The Kier molecular flexibility index (Phi) is 7.48. The summed E-state index contributed by atoms with van der Waals surface area (Å²) in [6.07, 6.45) is 7.17. The number of halogens is 2. The van der Waals surface area contributed by atoms with E-state index in [1.807, 2.05) is 0 Å². The summed E-state index contributed by atoms with van der Waals surface area (Å²) in [7, 11) is -2.19. The maximum Gasteiger partial charge on any atom is 0.279 e. The number of rotatable bonds is 6. The molecule has 1 amide bonds. The Bertz CT molecular complexity index is 1450. The topological polar surface area (TPSA) is 81.0 Å². The molecule has 0 N–H and O–H groups in total. The predicted octanol–water partition coefficient (Wildman–Crippen LogP) is 4.18. The van der Waals surface area contributed by atoms with E-state index in [0.717, 1.165) is 17.5 Å². The summed E-state index contributed by atoms with van der Waals surface area (Å²) in [6, 6.07) is 9.04. The van der Waals surface area contributed by atoms with Crippen LogP contribution in [0.4, 0.5) is 0 Å². The van der Waals surface area contributed by atoms with Crippen molar-refractivity contribution in [2.45, 2.75) is 30.4 Å². The third-order valence-electron chi connectivity index (χ3n) is 5.44. The number of carbonyl (C=O) groups excluding carboxylic acids is 1. The van der Waals surface area contributed by atoms with E-state index >= 15 is 0 Å². The lowest BCUT2D eigenvalue weighted by Crippen LogP contribution is -2.34. The second kappa shape index (κ2) is 10.2. The summed E-state index contributed by atoms with van der Waals surface area (Å²) in [5, 5.41) is 0.871. The van der Waals surface area contributed by atoms with Gasteiger partial charge in [0.15, 0.2) is 4.80 Å². The number of hydrogen-bond acceptors (Lipinski definition) is 5. The molecular weight excluding hydrogens is 517 g/mol. The Hall–Kier alpha value is -2.19. The molecule has 1 fully saturated rings. The van der Waals surface area contributed by atoms with Crippen LogP contribution >= 0.6 is 34.5 Å². The van der Waals surface area contributed by atoms with Crippen LogP contribution in [0.1, 0.15) is 23.2 Å². The Morgan fingerprint density at radius 3 is 2.71 bits per heavy atom. The number of thiazole rings is 1. The molecule has 34 heavy (non-hydrogen) atoms. The fraction of sp³-hybridized carbons (Fsp3) is 0.304. The van der Waals surface area contributed by atoms with E-state index in [-0.39, 0.29) is 29.7 Å². The molecule has 0 aliphatic carbocycles. The summed E-state index contributed by atoms with van der Waals surface area (Å²) in [5.41, 5.74) is 0.894. The lowest BCUT2D eigenvalue weighted by molar-refractivity contribution is 0.0979. The highest BCUT2D eigenvalue weighted by atomic mass is 35.5. The van der Waals surface area contributed by atoms with Crippen molar-refractivity contribution >= 4 is 60.7 Å². The number of benzene rings is 2. The Morgan fingerprint density at radius 2 is 2.06 bits per heavy atom. The van der Waals surface area contributed by atoms with Gasteiger partial charge in [-0.15, -0.1) is 6.42 Å². The van der Waals surface area contributed by atoms with Gasteiger partial charge in [-0.25, -0.2) is 8.42 Å². The number of carbonyl (C=O) groups is 1. The second-order valence-corrected chi connectivity index (χ2v) is 11.7. The van der Waals surface area contributed by atoms with Crippen LogP contribution in [0, 0.1) is 12.3 Å². The van der Waals surface area contributed by atoms with Gasteiger partial charge in [-0.1, -0.05) is 40.5 Å². The zero-order chi connectivity index (χ0) is 24.5. The molecule has 0 saturated carbocycles. The van der Waals surface area contributed by atoms with Crippen LogP contribution in [0.25, 0.3) is 10.2 Å². The van der Waals surface area contributed by atoms with Gasteiger partial charge >= 0.3 is 0 Å². The number of hydrogen-bond donors (Lipinski definition) is 0. The number of likely N-dealkylation sites (N-methyl/N-ethyl adjacent to an activating group) is 1. The molecule has 1 unspecified atom stereocenters. The monoisotopic (exact) mass is 537 g/mol. The van der Waals surface area contributed by atoms with Crippen LogP contribution in [0.2, 0.25) is 10.0 Å². The van der Waals surface area contributed by atoms with Crippen molar-refractivity contribution in [1.82, 2.24) is 8.87 Å². The number of ether oxygens (including phenoxy) is 1. The first-order valence-electron chi connectivity index (χ1n) is 10.4. The fourth-order valence-electron chi connectivity index (χ4n) is 3.73. The van der Waals surface area contributed by atoms with Crippen molar-refractivity contribution in [3.63, 3.8) is 0 Å². The standard InChI is InChI=1S/C23H21Cl2N3O4S2/c1-3-10-28-21-19(25)12-16(24)13-20(21)33-23(28)26-22(29)15-6-8-18(9-7-15)34(30,31)27(2)14-17-5-4-11-32-17/h1,6-9,12-13,17H,4-5,10-11,14H2,2H3. The lowest BCUT2D eigenvalue weighted by atomic mass is 10.2. The quantitative estimate of drug-likeness (QED) is 0.441. The molecule has 2 heterocycles. The predicted molar refractivity (Wildman–Crippen MR) is 134 cm³/mol. The van der Waals surface area contributed by atoms with Gasteiger partial charge in [-0.3, -0.25) is 4.79 Å². The molecule has 1 aliphatic heterocycles. The summed E-state index contributed by atoms with van der Waals surface area (Å²) in [5.74, 6) is 2.01. The first kappa shape index (κ1) is 24.9. The molecule has 0 radical (unpaired) electrons. The molecule has 11 heteroatoms. The minimum atomic E-state index is -3.71. The molecule has 1 aromatic heterocycles. The largest absolute Gasteiger partial charge is 0.377 e. The molecule has 4 rings (SSSR count). The maximum atomic E-state index is 12.9. The van der Waals surface area contributed by atoms with Crippen molar-refractivity contribution in [2.75, 3.05) is 20.2 Å². The van der Waals surface area contributed by atoms with Crippen molar-refractivity contribution < 1.29 is 17.9 Å². The average molecular weight is 538 g/mol. The number of aromatic nitrogens is 1. The third-order valence-corrected chi connectivity index (χ3v) is 8.81. The van der Waals surface area contributed by atoms with Crippen LogP contribution in [-0.2, 0) is 21.3 Å². The van der Waals surface area contributed by atoms with Crippen molar-refractivity contribution in [1.29, 1.82) is 0 Å². The molecular formula is C23H21Cl2N3O4S2. The number of amides is 1. The van der Waals surface area contributed by atoms with Gasteiger partial charge in [0.05, 0.1) is 32.8 Å². The molecule has 3 aromatic rings. The minimum Gasteiger partial charge on any atom is -0.377 e. The second-order valence-electron chi connectivity index (χ2n) is 7.77. The molecule has 0 spiro atoms. The summed E-state index contributed by atoms with van der Waals surface area (Å²) in [4.78, 5) is 17.5. The van der Waals surface area contributed by atoms with Gasteiger partial charge < -0.3 is 9.30 Å². The molecule has 0 bridgehead atoms. The van der Waals surface area contributed by atoms with Crippen molar-refractivity contribution in [3.05, 3.63) is 56.8 Å². The first-order valence-corrected chi connectivity index (χ1v) is 13.4. The molecule has 178 valence electrons. The number of terminal acetylenes is 1. The van der Waals surface area contributed by atoms with Gasteiger partial charge in [0.2, 0.25) is 10.0 Å². The van der Waals surface area contributed by atoms with Crippen LogP contribution < -0.4 is 4.80 Å². The van der Waals surface area contributed by atoms with E-state index < -0.39 is 15.9 Å². The highest BCUT2D eigenvalue weighted by Gasteiger charge is 2.26. The molecule has 1 saturated heterocycles. The summed E-state index contributed by atoms with van der Waals surface area (Å²) < 4.78 is 35.0. The molecule has 1 atom stereocenters. The summed E-state index contributed by atoms with van der Waals surface area (Å²) >= 11 is 13.7. The zero-order valence-electron chi connectivity index (χ0n) is 18.2. The van der Waals surface area contributed by atoms with Gasteiger partial charge in [-0.2, -0.15) is 9.30 Å². The van der Waals surface area contributed by atoms with E-state index in [1.165, 1.54) is 47.0 Å². The van der Waals surface area contributed by atoms with Crippen LogP contribution in [0.5, 0.6) is 0 Å². The lowest BCUT2D eigenvalue weighted by Gasteiger charge is -2.20. The maximum absolute atomic E-state index is 12.9. The van der Waals surface area contributed by atoms with Gasteiger partial charge in [0.1, 0.15) is 0 Å². The normalized spacial score (nSPS) is 16.9. The Balaban J connectivity index is 1.62. The number of fused-ring (bicyclic) bond motifs is 1. The molecule has 7 nitrogen and oxygen atoms in total. The molecule has 2 aromatic carbocycles. The van der Waals surface area contributed by atoms with E-state index in [0.29, 0.717) is 27.0 Å². The van der Waals surface area contributed by atoms with Gasteiger partial charge in [-0.05, 0) is 49.2 Å². The van der Waals surface area contributed by atoms with Gasteiger partial charge in [0, 0.05) is 30.8 Å². The number of sulfonamides is 1. The third kappa shape index (κ3) is 5.08. The fourth-order valence-corrected chi connectivity index (χ4v) is 6.74. The SMILES string of the molecule is C#CCn1c(=NC(=O)c2ccc(S(=O)(=O)N(C)CC3CCCO3)cc2)sc2cc(Cl)cc(Cl)c21. The smallest absolute Gasteiger partial charge is 0.279 e. The van der Waals surface area contributed by atoms with Crippen molar-refractivity contribution in [3.8, 4) is 12.3 Å². The zero-order valence-corrected chi connectivity index (χ0v) is 21.3. The van der Waals surface area contributed by atoms with Crippen LogP contribution in [0.3, 0.4) is 0 Å². The average Bonchev–Trinajstić information content (AvgIpc) is 3.42. The van der Waals surface area contributed by atoms with Crippen LogP contribution in [0.15, 0.2) is 46.3 Å². The van der Waals surface area contributed by atoms with E-state index in [4.69, 9.17) is 34.4 Å². The van der Waals surface area contributed by atoms with Crippen LogP contribution in [-0.4, -0.2) is 49.5 Å². The number of nitrogens with zero attached hydrogens (tertiary/aromatic N) is 3. The van der Waals surface area contributed by atoms with E-state index in [2.05, 4.69) is 10.9 Å². The minimum absolute atomic E-state index is 0.0928. The summed E-state index contributed by atoms with van der Waals surface area (Å²) in [6.45, 7) is 1.10. The molecule has 1 aliphatic rings. The van der Waals surface area contributed by atoms with Gasteiger partial charge in [0.25, 0.3) is 5.91 Å². The Labute approximate surface area is 211 Å².